The Bertz CT molecular complexity index is 425. The molecule has 1 aromatic heterocycles. The first-order valence-electron chi connectivity index (χ1n) is 5.62. The van der Waals surface area contributed by atoms with Crippen LogP contribution in [0.1, 0.15) is 24.6 Å². The van der Waals surface area contributed by atoms with Gasteiger partial charge in [0.1, 0.15) is 0 Å². The number of hydrogen-bond acceptors (Lipinski definition) is 3. The lowest BCUT2D eigenvalue weighted by Gasteiger charge is -2.20. The van der Waals surface area contributed by atoms with Gasteiger partial charge in [-0.2, -0.15) is 5.26 Å². The molecule has 0 saturated carbocycles. The molecule has 0 radical (unpaired) electrons. The maximum atomic E-state index is 8.75. The summed E-state index contributed by atoms with van der Waals surface area (Å²) in [5.74, 6) is 0. The highest BCUT2D eigenvalue weighted by Gasteiger charge is 2.11. The highest BCUT2D eigenvalue weighted by molar-refractivity contribution is 5.63. The molecular formula is C13H15N3. The predicted molar refractivity (Wildman–Crippen MR) is 63.4 cm³/mol. The van der Waals surface area contributed by atoms with Crippen LogP contribution in [0.5, 0.6) is 0 Å². The molecule has 0 unspecified atom stereocenters. The van der Waals surface area contributed by atoms with Gasteiger partial charge in [0.15, 0.2) is 6.19 Å². The molecule has 1 aromatic rings. The second-order valence-corrected chi connectivity index (χ2v) is 3.93. The van der Waals surface area contributed by atoms with Gasteiger partial charge in [-0.15, -0.1) is 0 Å². The summed E-state index contributed by atoms with van der Waals surface area (Å²) < 4.78 is 0. The molecule has 3 nitrogen and oxygen atoms in total. The third kappa shape index (κ3) is 2.22. The summed E-state index contributed by atoms with van der Waals surface area (Å²) in [6, 6.07) is 4.20. The molecule has 2 rings (SSSR count). The van der Waals surface area contributed by atoms with Gasteiger partial charge in [0.25, 0.3) is 0 Å². The van der Waals surface area contributed by atoms with Crippen LogP contribution in [0.15, 0.2) is 24.4 Å². The van der Waals surface area contributed by atoms with E-state index in [1.165, 1.54) is 11.1 Å². The van der Waals surface area contributed by atoms with Crippen molar-refractivity contribution >= 4 is 5.57 Å². The zero-order valence-corrected chi connectivity index (χ0v) is 9.48. The number of rotatable bonds is 2. The minimum atomic E-state index is 0.711. The molecule has 1 aliphatic rings. The minimum absolute atomic E-state index is 0.711. The van der Waals surface area contributed by atoms with E-state index in [2.05, 4.69) is 36.3 Å². The van der Waals surface area contributed by atoms with E-state index in [0.29, 0.717) is 6.54 Å². The Labute approximate surface area is 96.0 Å². The summed E-state index contributed by atoms with van der Waals surface area (Å²) in [6.07, 6.45) is 8.13. The third-order valence-electron chi connectivity index (χ3n) is 2.91. The van der Waals surface area contributed by atoms with E-state index >= 15 is 0 Å². The van der Waals surface area contributed by atoms with Crippen LogP contribution in [0.4, 0.5) is 0 Å². The van der Waals surface area contributed by atoms with Crippen LogP contribution in [-0.2, 0) is 6.42 Å². The first-order valence-corrected chi connectivity index (χ1v) is 5.62. The Morgan fingerprint density at radius 1 is 1.50 bits per heavy atom. The number of nitriles is 1. The van der Waals surface area contributed by atoms with Gasteiger partial charge >= 0.3 is 0 Å². The van der Waals surface area contributed by atoms with Gasteiger partial charge in [-0.1, -0.05) is 19.1 Å². The van der Waals surface area contributed by atoms with Crippen molar-refractivity contribution in [2.45, 2.75) is 19.8 Å². The van der Waals surface area contributed by atoms with Crippen molar-refractivity contribution in [3.8, 4) is 6.19 Å². The maximum Gasteiger partial charge on any atom is 0.179 e. The average molecular weight is 213 g/mol. The molecule has 0 saturated heterocycles. The first-order chi connectivity index (χ1) is 7.83. The van der Waals surface area contributed by atoms with Gasteiger partial charge in [-0.3, -0.25) is 4.98 Å². The second-order valence-electron chi connectivity index (χ2n) is 3.93. The van der Waals surface area contributed by atoms with Crippen molar-refractivity contribution in [3.63, 3.8) is 0 Å². The lowest BCUT2D eigenvalue weighted by atomic mass is 10.0. The minimum Gasteiger partial charge on any atom is -0.306 e. The Balaban J connectivity index is 2.13. The molecule has 3 heteroatoms. The topological polar surface area (TPSA) is 39.9 Å². The second kappa shape index (κ2) is 4.80. The molecule has 0 aromatic carbocycles. The smallest absolute Gasteiger partial charge is 0.179 e. The van der Waals surface area contributed by atoms with Crippen molar-refractivity contribution in [1.29, 1.82) is 5.26 Å². The molecule has 0 amide bonds. The van der Waals surface area contributed by atoms with E-state index < -0.39 is 0 Å². The fraction of sp³-hybridized carbons (Fsp3) is 0.385. The van der Waals surface area contributed by atoms with Crippen molar-refractivity contribution in [2.75, 3.05) is 13.1 Å². The summed E-state index contributed by atoms with van der Waals surface area (Å²) in [6.45, 7) is 3.64. The fourth-order valence-corrected chi connectivity index (χ4v) is 1.82. The van der Waals surface area contributed by atoms with E-state index in [1.807, 2.05) is 6.20 Å². The number of hydrogen-bond donors (Lipinski definition) is 0. The van der Waals surface area contributed by atoms with Gasteiger partial charge in [0.05, 0.1) is 5.69 Å². The van der Waals surface area contributed by atoms with Crippen molar-refractivity contribution in [2.24, 2.45) is 0 Å². The number of nitrogens with zero attached hydrogens (tertiary/aromatic N) is 3. The van der Waals surface area contributed by atoms with Gasteiger partial charge < -0.3 is 4.90 Å². The van der Waals surface area contributed by atoms with Crippen LogP contribution < -0.4 is 0 Å². The van der Waals surface area contributed by atoms with E-state index in [4.69, 9.17) is 5.26 Å². The zero-order chi connectivity index (χ0) is 11.4. The van der Waals surface area contributed by atoms with Crippen LogP contribution in [0.25, 0.3) is 5.57 Å². The molecule has 0 N–H and O–H groups in total. The Hall–Kier alpha value is -1.82. The monoisotopic (exact) mass is 213 g/mol. The summed E-state index contributed by atoms with van der Waals surface area (Å²) in [5, 5.41) is 8.75. The third-order valence-corrected chi connectivity index (χ3v) is 2.91. The van der Waals surface area contributed by atoms with Crippen molar-refractivity contribution in [1.82, 2.24) is 9.88 Å². The van der Waals surface area contributed by atoms with Crippen LogP contribution in [0.2, 0.25) is 0 Å². The van der Waals surface area contributed by atoms with E-state index in [0.717, 1.165) is 25.1 Å². The van der Waals surface area contributed by atoms with E-state index in [-0.39, 0.29) is 0 Å². The molecule has 1 aliphatic heterocycles. The molecule has 0 bridgehead atoms. The summed E-state index contributed by atoms with van der Waals surface area (Å²) in [5.41, 5.74) is 3.57. The van der Waals surface area contributed by atoms with Gasteiger partial charge in [0.2, 0.25) is 0 Å². The highest BCUT2D eigenvalue weighted by atomic mass is 15.1. The standard InChI is InChI=1S/C13H15N3/c1-2-11-3-4-13(15-9-11)12-5-7-16(10-14)8-6-12/h3-5,9H,2,6-8H2,1H3. The number of aryl methyl sites for hydroxylation is 1. The maximum absolute atomic E-state index is 8.75. The average Bonchev–Trinajstić information content (AvgIpc) is 2.39. The van der Waals surface area contributed by atoms with Crippen LogP contribution in [0, 0.1) is 11.5 Å². The van der Waals surface area contributed by atoms with E-state index in [1.54, 1.807) is 4.90 Å². The molecule has 0 fully saturated rings. The van der Waals surface area contributed by atoms with E-state index in [9.17, 15) is 0 Å². The largest absolute Gasteiger partial charge is 0.306 e. The van der Waals surface area contributed by atoms with Gasteiger partial charge in [-0.25, -0.2) is 0 Å². The SMILES string of the molecule is CCc1ccc(C2=CCN(C#N)CC2)nc1. The normalized spacial score (nSPS) is 15.5. The lowest BCUT2D eigenvalue weighted by Crippen LogP contribution is -2.23. The zero-order valence-electron chi connectivity index (χ0n) is 9.48. The summed E-state index contributed by atoms with van der Waals surface area (Å²) in [4.78, 5) is 6.21. The van der Waals surface area contributed by atoms with Crippen LogP contribution in [-0.4, -0.2) is 23.0 Å². The van der Waals surface area contributed by atoms with Crippen LogP contribution >= 0.6 is 0 Å². The Morgan fingerprint density at radius 2 is 2.38 bits per heavy atom. The van der Waals surface area contributed by atoms with Crippen molar-refractivity contribution < 1.29 is 0 Å². The number of pyridine rings is 1. The number of aromatic nitrogens is 1. The first kappa shape index (κ1) is 10.7. The molecule has 0 aliphatic carbocycles. The van der Waals surface area contributed by atoms with Gasteiger partial charge in [-0.05, 0) is 30.0 Å². The molecule has 2 heterocycles. The molecule has 82 valence electrons. The molecule has 16 heavy (non-hydrogen) atoms. The summed E-state index contributed by atoms with van der Waals surface area (Å²) >= 11 is 0. The Kier molecular flexibility index (Phi) is 3.21. The molecular weight excluding hydrogens is 198 g/mol. The predicted octanol–water partition coefficient (Wildman–Crippen LogP) is 2.21. The van der Waals surface area contributed by atoms with Gasteiger partial charge in [0, 0.05) is 19.3 Å². The quantitative estimate of drug-likeness (QED) is 0.707. The highest BCUT2D eigenvalue weighted by Crippen LogP contribution is 2.20. The summed E-state index contributed by atoms with van der Waals surface area (Å²) in [7, 11) is 0. The Morgan fingerprint density at radius 3 is 2.88 bits per heavy atom. The van der Waals surface area contributed by atoms with Crippen molar-refractivity contribution in [3.05, 3.63) is 35.7 Å². The van der Waals surface area contributed by atoms with Crippen LogP contribution in [0.3, 0.4) is 0 Å². The molecule has 0 spiro atoms. The lowest BCUT2D eigenvalue weighted by molar-refractivity contribution is 0.431. The fourth-order valence-electron chi connectivity index (χ4n) is 1.82. The molecule has 0 atom stereocenters.